The number of aromatic amines is 1. The number of piperazine rings is 1. The number of amides is 1. The molecular formula is C15H20N4O2. The van der Waals surface area contributed by atoms with Crippen LogP contribution in [0, 0.1) is 25.2 Å². The standard InChI is InChI=1S/C15H20N4O2/c1-10-12(11(2)18-15(21)13(10)9-16)3-4-14(20)19-7-5-17-6-8-19/h17H,3-8H2,1-2H3,(H,18,21). The zero-order valence-corrected chi connectivity index (χ0v) is 12.5. The van der Waals surface area contributed by atoms with E-state index >= 15 is 0 Å². The molecule has 1 fully saturated rings. The number of carbonyl (C=O) groups is 1. The van der Waals surface area contributed by atoms with Crippen molar-refractivity contribution in [3.05, 3.63) is 32.7 Å². The Morgan fingerprint density at radius 2 is 2.00 bits per heavy atom. The van der Waals surface area contributed by atoms with Gasteiger partial charge in [0.15, 0.2) is 0 Å². The monoisotopic (exact) mass is 288 g/mol. The normalized spacial score (nSPS) is 14.8. The van der Waals surface area contributed by atoms with Gasteiger partial charge >= 0.3 is 0 Å². The van der Waals surface area contributed by atoms with Crippen molar-refractivity contribution in [1.82, 2.24) is 15.2 Å². The van der Waals surface area contributed by atoms with E-state index in [2.05, 4.69) is 10.3 Å². The number of H-pyrrole nitrogens is 1. The van der Waals surface area contributed by atoms with Crippen LogP contribution in [0.4, 0.5) is 0 Å². The third-order valence-electron chi connectivity index (χ3n) is 3.98. The first-order chi connectivity index (χ1) is 10.0. The topological polar surface area (TPSA) is 89.0 Å². The first-order valence-electron chi connectivity index (χ1n) is 7.15. The van der Waals surface area contributed by atoms with Crippen LogP contribution in [0.2, 0.25) is 0 Å². The molecule has 21 heavy (non-hydrogen) atoms. The van der Waals surface area contributed by atoms with Gasteiger partial charge < -0.3 is 15.2 Å². The van der Waals surface area contributed by atoms with E-state index in [1.807, 2.05) is 11.0 Å². The van der Waals surface area contributed by atoms with Crippen LogP contribution in [-0.2, 0) is 11.2 Å². The van der Waals surface area contributed by atoms with E-state index in [1.54, 1.807) is 13.8 Å². The Morgan fingerprint density at radius 3 is 2.62 bits per heavy atom. The van der Waals surface area contributed by atoms with Gasteiger partial charge in [-0.15, -0.1) is 0 Å². The van der Waals surface area contributed by atoms with Crippen molar-refractivity contribution in [2.45, 2.75) is 26.7 Å². The van der Waals surface area contributed by atoms with Crippen LogP contribution in [0.3, 0.4) is 0 Å². The molecule has 1 aliphatic heterocycles. The van der Waals surface area contributed by atoms with Gasteiger partial charge in [-0.25, -0.2) is 0 Å². The third kappa shape index (κ3) is 3.31. The SMILES string of the molecule is Cc1[nH]c(=O)c(C#N)c(C)c1CCC(=O)N1CCNCC1. The summed E-state index contributed by atoms with van der Waals surface area (Å²) in [5.74, 6) is 0.125. The Balaban J connectivity index is 2.11. The third-order valence-corrected chi connectivity index (χ3v) is 3.98. The van der Waals surface area contributed by atoms with Crippen molar-refractivity contribution in [3.8, 4) is 6.07 Å². The minimum atomic E-state index is -0.357. The zero-order chi connectivity index (χ0) is 15.4. The van der Waals surface area contributed by atoms with Crippen LogP contribution >= 0.6 is 0 Å². The summed E-state index contributed by atoms with van der Waals surface area (Å²) in [4.78, 5) is 28.4. The Hall–Kier alpha value is -2.13. The second kappa shape index (κ2) is 6.55. The van der Waals surface area contributed by atoms with Gasteiger partial charge in [0.25, 0.3) is 5.56 Å². The number of nitrogens with one attached hydrogen (secondary N) is 2. The molecule has 0 aliphatic carbocycles. The lowest BCUT2D eigenvalue weighted by molar-refractivity contribution is -0.131. The lowest BCUT2D eigenvalue weighted by Crippen LogP contribution is -2.46. The van der Waals surface area contributed by atoms with Gasteiger partial charge in [0.2, 0.25) is 5.91 Å². The molecule has 1 aromatic heterocycles. The van der Waals surface area contributed by atoms with E-state index in [9.17, 15) is 9.59 Å². The van der Waals surface area contributed by atoms with Crippen LogP contribution in [0.25, 0.3) is 0 Å². The molecule has 6 heteroatoms. The van der Waals surface area contributed by atoms with Gasteiger partial charge in [0.05, 0.1) is 0 Å². The van der Waals surface area contributed by atoms with Crippen molar-refractivity contribution in [2.24, 2.45) is 0 Å². The molecule has 1 amide bonds. The number of rotatable bonds is 3. The maximum atomic E-state index is 12.2. The predicted octanol–water partition coefficient (Wildman–Crippen LogP) is 0.228. The summed E-state index contributed by atoms with van der Waals surface area (Å²) in [6.45, 7) is 6.73. The lowest BCUT2D eigenvalue weighted by atomic mass is 9.99. The molecule has 1 aromatic rings. The van der Waals surface area contributed by atoms with Crippen LogP contribution in [0.1, 0.15) is 28.8 Å². The van der Waals surface area contributed by atoms with E-state index in [1.165, 1.54) is 0 Å². The summed E-state index contributed by atoms with van der Waals surface area (Å²) in [7, 11) is 0. The molecule has 0 saturated carbocycles. The highest BCUT2D eigenvalue weighted by Crippen LogP contribution is 2.15. The lowest BCUT2D eigenvalue weighted by Gasteiger charge is -2.27. The largest absolute Gasteiger partial charge is 0.340 e. The van der Waals surface area contributed by atoms with Gasteiger partial charge in [-0.05, 0) is 31.4 Å². The molecule has 1 saturated heterocycles. The summed E-state index contributed by atoms with van der Waals surface area (Å²) < 4.78 is 0. The predicted molar refractivity (Wildman–Crippen MR) is 79.0 cm³/mol. The average Bonchev–Trinajstić information content (AvgIpc) is 2.47. The Labute approximate surface area is 123 Å². The summed E-state index contributed by atoms with van der Waals surface area (Å²) in [6.07, 6.45) is 0.949. The van der Waals surface area contributed by atoms with Gasteiger partial charge in [-0.2, -0.15) is 5.26 Å². The smallest absolute Gasteiger partial charge is 0.266 e. The quantitative estimate of drug-likeness (QED) is 0.833. The molecule has 0 radical (unpaired) electrons. The van der Waals surface area contributed by atoms with E-state index in [4.69, 9.17) is 5.26 Å². The van der Waals surface area contributed by atoms with Crippen LogP contribution < -0.4 is 10.9 Å². The fourth-order valence-electron chi connectivity index (χ4n) is 2.72. The van der Waals surface area contributed by atoms with Crippen LogP contribution in [0.15, 0.2) is 4.79 Å². The fourth-order valence-corrected chi connectivity index (χ4v) is 2.72. The summed E-state index contributed by atoms with van der Waals surface area (Å²) in [6, 6.07) is 1.93. The van der Waals surface area contributed by atoms with Crippen LogP contribution in [0.5, 0.6) is 0 Å². The van der Waals surface area contributed by atoms with Crippen molar-refractivity contribution >= 4 is 5.91 Å². The Morgan fingerprint density at radius 1 is 1.33 bits per heavy atom. The minimum absolute atomic E-state index is 0.125. The summed E-state index contributed by atoms with van der Waals surface area (Å²) in [5.41, 5.74) is 2.11. The number of aryl methyl sites for hydroxylation is 1. The highest BCUT2D eigenvalue weighted by atomic mass is 16.2. The van der Waals surface area contributed by atoms with Crippen molar-refractivity contribution in [2.75, 3.05) is 26.2 Å². The Kier molecular flexibility index (Phi) is 4.76. The van der Waals surface area contributed by atoms with Crippen LogP contribution in [-0.4, -0.2) is 42.0 Å². The molecule has 0 aromatic carbocycles. The van der Waals surface area contributed by atoms with Gasteiger partial charge in [-0.1, -0.05) is 0 Å². The maximum Gasteiger partial charge on any atom is 0.266 e. The van der Waals surface area contributed by atoms with Crippen molar-refractivity contribution in [1.29, 1.82) is 5.26 Å². The molecule has 112 valence electrons. The second-order valence-corrected chi connectivity index (χ2v) is 5.30. The number of carbonyl (C=O) groups excluding carboxylic acids is 1. The summed E-state index contributed by atoms with van der Waals surface area (Å²) in [5, 5.41) is 12.3. The molecule has 2 rings (SSSR count). The molecule has 6 nitrogen and oxygen atoms in total. The van der Waals surface area contributed by atoms with Crippen molar-refractivity contribution in [3.63, 3.8) is 0 Å². The van der Waals surface area contributed by atoms with E-state index < -0.39 is 0 Å². The average molecular weight is 288 g/mol. The van der Waals surface area contributed by atoms with Gasteiger partial charge in [0.1, 0.15) is 11.6 Å². The maximum absolute atomic E-state index is 12.2. The van der Waals surface area contributed by atoms with E-state index in [0.717, 1.165) is 37.4 Å². The molecule has 1 aliphatic rings. The van der Waals surface area contributed by atoms with E-state index in [-0.39, 0.29) is 17.0 Å². The fraction of sp³-hybridized carbons (Fsp3) is 0.533. The number of hydrogen-bond donors (Lipinski definition) is 2. The molecule has 2 N–H and O–H groups in total. The number of hydrogen-bond acceptors (Lipinski definition) is 4. The Bertz CT molecular complexity index is 636. The molecular weight excluding hydrogens is 268 g/mol. The highest BCUT2D eigenvalue weighted by molar-refractivity contribution is 5.76. The van der Waals surface area contributed by atoms with Gasteiger partial charge in [0, 0.05) is 38.3 Å². The minimum Gasteiger partial charge on any atom is -0.340 e. The second-order valence-electron chi connectivity index (χ2n) is 5.30. The van der Waals surface area contributed by atoms with Crippen molar-refractivity contribution < 1.29 is 4.79 Å². The molecule has 0 spiro atoms. The first kappa shape index (κ1) is 15.3. The molecule has 0 unspecified atom stereocenters. The van der Waals surface area contributed by atoms with Gasteiger partial charge in [-0.3, -0.25) is 9.59 Å². The summed E-state index contributed by atoms with van der Waals surface area (Å²) >= 11 is 0. The number of aromatic nitrogens is 1. The number of pyridine rings is 1. The highest BCUT2D eigenvalue weighted by Gasteiger charge is 2.18. The first-order valence-corrected chi connectivity index (χ1v) is 7.15. The van der Waals surface area contributed by atoms with E-state index in [0.29, 0.717) is 18.4 Å². The molecule has 2 heterocycles. The molecule has 0 atom stereocenters. The number of nitriles is 1. The number of nitrogens with zero attached hydrogens (tertiary/aromatic N) is 2. The zero-order valence-electron chi connectivity index (χ0n) is 12.5. The molecule has 0 bridgehead atoms.